The Morgan fingerprint density at radius 2 is 1.67 bits per heavy atom. The Balaban J connectivity index is 1.66. The van der Waals surface area contributed by atoms with E-state index in [0.29, 0.717) is 11.4 Å². The SMILES string of the molecule is O=C1C(=O)N(Cc2ccc(Cl)cc2)C(=O)N1CCC1=CCCCC1. The highest BCUT2D eigenvalue weighted by molar-refractivity contribution is 6.44. The van der Waals surface area contributed by atoms with Gasteiger partial charge in [0.1, 0.15) is 0 Å². The maximum absolute atomic E-state index is 12.4. The van der Waals surface area contributed by atoms with Crippen LogP contribution < -0.4 is 0 Å². The van der Waals surface area contributed by atoms with Gasteiger partial charge in [0.05, 0.1) is 6.54 Å². The molecule has 0 atom stereocenters. The van der Waals surface area contributed by atoms with E-state index in [-0.39, 0.29) is 13.1 Å². The molecular weight excluding hydrogens is 328 g/mol. The number of hydrogen-bond acceptors (Lipinski definition) is 3. The normalized spacial score (nSPS) is 18.4. The second kappa shape index (κ2) is 7.18. The summed E-state index contributed by atoms with van der Waals surface area (Å²) >= 11 is 5.83. The van der Waals surface area contributed by atoms with Crippen molar-refractivity contribution >= 4 is 29.4 Å². The van der Waals surface area contributed by atoms with Crippen LogP contribution in [0.5, 0.6) is 0 Å². The zero-order chi connectivity index (χ0) is 17.1. The average Bonchev–Trinajstić information content (AvgIpc) is 2.79. The van der Waals surface area contributed by atoms with Crippen LogP contribution in [0.3, 0.4) is 0 Å². The predicted molar refractivity (Wildman–Crippen MR) is 90.3 cm³/mol. The highest BCUT2D eigenvalue weighted by Crippen LogP contribution is 2.23. The van der Waals surface area contributed by atoms with Gasteiger partial charge in [-0.15, -0.1) is 0 Å². The third-order valence-corrected chi connectivity index (χ3v) is 4.68. The van der Waals surface area contributed by atoms with Crippen LogP contribution in [0.25, 0.3) is 0 Å². The number of nitrogens with zero attached hydrogens (tertiary/aromatic N) is 2. The van der Waals surface area contributed by atoms with Gasteiger partial charge >= 0.3 is 17.8 Å². The first-order valence-electron chi connectivity index (χ1n) is 8.16. The predicted octanol–water partition coefficient (Wildman–Crippen LogP) is 3.52. The molecule has 1 saturated heterocycles. The van der Waals surface area contributed by atoms with Gasteiger partial charge in [-0.2, -0.15) is 0 Å². The minimum Gasteiger partial charge on any atom is -0.263 e. The highest BCUT2D eigenvalue weighted by atomic mass is 35.5. The summed E-state index contributed by atoms with van der Waals surface area (Å²) in [5, 5.41) is 0.580. The van der Waals surface area contributed by atoms with Gasteiger partial charge in [-0.25, -0.2) is 4.79 Å². The second-order valence-electron chi connectivity index (χ2n) is 6.12. The van der Waals surface area contributed by atoms with Gasteiger partial charge in [0, 0.05) is 11.6 Å². The van der Waals surface area contributed by atoms with E-state index in [0.717, 1.165) is 34.6 Å². The molecule has 0 N–H and O–H groups in total. The smallest absolute Gasteiger partial charge is 0.263 e. The van der Waals surface area contributed by atoms with E-state index in [4.69, 9.17) is 11.6 Å². The van der Waals surface area contributed by atoms with Gasteiger partial charge in [-0.05, 0) is 49.8 Å². The van der Waals surface area contributed by atoms with Crippen molar-refractivity contribution < 1.29 is 14.4 Å². The zero-order valence-corrected chi connectivity index (χ0v) is 14.1. The van der Waals surface area contributed by atoms with Gasteiger partial charge in [0.2, 0.25) is 0 Å². The molecule has 1 aliphatic carbocycles. The lowest BCUT2D eigenvalue weighted by Gasteiger charge is -2.18. The number of halogens is 1. The summed E-state index contributed by atoms with van der Waals surface area (Å²) in [7, 11) is 0. The van der Waals surface area contributed by atoms with Crippen molar-refractivity contribution in [3.63, 3.8) is 0 Å². The fourth-order valence-electron chi connectivity index (χ4n) is 3.05. The van der Waals surface area contributed by atoms with E-state index >= 15 is 0 Å². The molecular formula is C18H19ClN2O3. The molecule has 0 spiro atoms. The number of amides is 4. The van der Waals surface area contributed by atoms with E-state index in [9.17, 15) is 14.4 Å². The summed E-state index contributed by atoms with van der Waals surface area (Å²) in [6.07, 6.45) is 7.24. The van der Waals surface area contributed by atoms with Crippen LogP contribution in [0, 0.1) is 0 Å². The Labute approximate surface area is 145 Å². The molecule has 0 unspecified atom stereocenters. The molecule has 6 heteroatoms. The standard InChI is InChI=1S/C18H19ClN2O3/c19-15-8-6-14(7-9-15)12-21-17(23)16(22)20(18(21)24)11-10-13-4-2-1-3-5-13/h4,6-9H,1-3,5,10-12H2. The largest absolute Gasteiger partial charge is 0.334 e. The summed E-state index contributed by atoms with van der Waals surface area (Å²) in [5.41, 5.74) is 2.02. The molecule has 1 aromatic rings. The molecule has 4 amide bonds. The van der Waals surface area contributed by atoms with Gasteiger partial charge < -0.3 is 0 Å². The average molecular weight is 347 g/mol. The van der Waals surface area contributed by atoms with Crippen LogP contribution in [0.1, 0.15) is 37.7 Å². The van der Waals surface area contributed by atoms with Crippen LogP contribution in [0.15, 0.2) is 35.9 Å². The monoisotopic (exact) mass is 346 g/mol. The van der Waals surface area contributed by atoms with Crippen LogP contribution in [0.4, 0.5) is 4.79 Å². The van der Waals surface area contributed by atoms with Gasteiger partial charge in [0.15, 0.2) is 0 Å². The molecule has 1 aliphatic heterocycles. The molecule has 3 rings (SSSR count). The zero-order valence-electron chi connectivity index (χ0n) is 13.3. The molecule has 5 nitrogen and oxygen atoms in total. The Hall–Kier alpha value is -2.14. The van der Waals surface area contributed by atoms with E-state index < -0.39 is 17.8 Å². The second-order valence-corrected chi connectivity index (χ2v) is 6.55. The van der Waals surface area contributed by atoms with Gasteiger partial charge in [-0.3, -0.25) is 19.4 Å². The maximum atomic E-state index is 12.4. The molecule has 1 aromatic carbocycles. The number of rotatable bonds is 5. The lowest BCUT2D eigenvalue weighted by Crippen LogP contribution is -2.34. The summed E-state index contributed by atoms with van der Waals surface area (Å²) in [5.74, 6) is -1.49. The third-order valence-electron chi connectivity index (χ3n) is 4.43. The molecule has 24 heavy (non-hydrogen) atoms. The number of imide groups is 2. The summed E-state index contributed by atoms with van der Waals surface area (Å²) in [4.78, 5) is 38.7. The van der Waals surface area contributed by atoms with E-state index in [1.54, 1.807) is 24.3 Å². The fourth-order valence-corrected chi connectivity index (χ4v) is 3.17. The first-order chi connectivity index (χ1) is 11.6. The minimum absolute atomic E-state index is 0.0831. The van der Waals surface area contributed by atoms with Crippen molar-refractivity contribution in [1.82, 2.24) is 9.80 Å². The molecule has 1 heterocycles. The Kier molecular flexibility index (Phi) is 5.00. The Morgan fingerprint density at radius 3 is 2.33 bits per heavy atom. The quantitative estimate of drug-likeness (QED) is 0.465. The first kappa shape index (κ1) is 16.7. The molecule has 0 bridgehead atoms. The van der Waals surface area contributed by atoms with Crippen molar-refractivity contribution in [2.45, 2.75) is 38.6 Å². The first-order valence-corrected chi connectivity index (χ1v) is 8.54. The van der Waals surface area contributed by atoms with Crippen LogP contribution in [-0.4, -0.2) is 34.2 Å². The van der Waals surface area contributed by atoms with Crippen LogP contribution in [0.2, 0.25) is 5.02 Å². The number of urea groups is 1. The maximum Gasteiger partial charge on any atom is 0.334 e. The van der Waals surface area contributed by atoms with Gasteiger partial charge in [0.25, 0.3) is 0 Å². The molecule has 1 fully saturated rings. The lowest BCUT2D eigenvalue weighted by molar-refractivity contribution is -0.143. The number of hydrogen-bond donors (Lipinski definition) is 0. The van der Waals surface area contributed by atoms with E-state index in [1.165, 1.54) is 12.0 Å². The molecule has 2 aliphatic rings. The van der Waals surface area contributed by atoms with Crippen molar-refractivity contribution in [1.29, 1.82) is 0 Å². The third kappa shape index (κ3) is 3.51. The summed E-state index contributed by atoms with van der Waals surface area (Å²) < 4.78 is 0. The number of allylic oxidation sites excluding steroid dienone is 1. The topological polar surface area (TPSA) is 57.7 Å². The van der Waals surface area contributed by atoms with E-state index in [2.05, 4.69) is 6.08 Å². The number of carbonyl (C=O) groups excluding carboxylic acids is 3. The van der Waals surface area contributed by atoms with Crippen LogP contribution in [-0.2, 0) is 16.1 Å². The van der Waals surface area contributed by atoms with Crippen molar-refractivity contribution in [2.24, 2.45) is 0 Å². The molecule has 126 valence electrons. The lowest BCUT2D eigenvalue weighted by atomic mass is 9.97. The van der Waals surface area contributed by atoms with Crippen molar-refractivity contribution in [2.75, 3.05) is 6.54 Å². The highest BCUT2D eigenvalue weighted by Gasteiger charge is 2.43. The van der Waals surface area contributed by atoms with Crippen LogP contribution >= 0.6 is 11.6 Å². The molecule has 0 saturated carbocycles. The summed E-state index contributed by atoms with van der Waals surface area (Å²) in [6.45, 7) is 0.353. The fraction of sp³-hybridized carbons (Fsp3) is 0.389. The number of benzene rings is 1. The Bertz CT molecular complexity index is 697. The summed E-state index contributed by atoms with van der Waals surface area (Å²) in [6, 6.07) is 6.33. The number of carbonyl (C=O) groups is 3. The minimum atomic E-state index is -0.757. The van der Waals surface area contributed by atoms with Crippen molar-refractivity contribution in [3.8, 4) is 0 Å². The Morgan fingerprint density at radius 1 is 0.958 bits per heavy atom. The molecule has 0 aromatic heterocycles. The molecule has 0 radical (unpaired) electrons. The van der Waals surface area contributed by atoms with Crippen molar-refractivity contribution in [3.05, 3.63) is 46.5 Å². The van der Waals surface area contributed by atoms with E-state index in [1.807, 2.05) is 0 Å². The van der Waals surface area contributed by atoms with Gasteiger partial charge in [-0.1, -0.05) is 35.4 Å².